The molecule has 0 unspecified atom stereocenters. The van der Waals surface area contributed by atoms with Crippen LogP contribution in [0.4, 0.5) is 21.7 Å². The molecular formula is C54H63FN10O10S2. The van der Waals surface area contributed by atoms with Crippen molar-refractivity contribution in [3.05, 3.63) is 124 Å². The number of amides is 4. The number of nitrogens with one attached hydrogen (secondary N) is 5. The number of unbranched alkanes of at least 4 members (excludes halogenated alkanes) is 2. The number of carbonyl (C=O) groups is 5. The Hall–Kier alpha value is -7.76. The number of nitrogens with two attached hydrogens (primary N) is 1. The van der Waals surface area contributed by atoms with E-state index in [1.807, 2.05) is 52.0 Å². The van der Waals surface area contributed by atoms with Crippen LogP contribution in [0.3, 0.4) is 0 Å². The molecule has 77 heavy (non-hydrogen) atoms. The third-order valence-corrected chi connectivity index (χ3v) is 15.1. The van der Waals surface area contributed by atoms with Gasteiger partial charge in [0.2, 0.25) is 27.7 Å². The number of likely N-dealkylation sites (tertiary alicyclic amines) is 1. The summed E-state index contributed by atoms with van der Waals surface area (Å²) >= 11 is 1.55. The minimum Gasteiger partial charge on any atom is -0.484 e. The maximum Gasteiger partial charge on any atom is 0.339 e. The molecule has 20 nitrogen and oxygen atoms in total. The fraction of sp³-hybridized carbons (Fsp3) is 0.370. The van der Waals surface area contributed by atoms with Crippen LogP contribution in [-0.2, 0) is 35.7 Å². The van der Waals surface area contributed by atoms with E-state index >= 15 is 0 Å². The smallest absolute Gasteiger partial charge is 0.339 e. The molecule has 3 aromatic heterocycles. The highest BCUT2D eigenvalue weighted by Crippen LogP contribution is 2.37. The summed E-state index contributed by atoms with van der Waals surface area (Å²) in [6, 6.07) is 19.0. The zero-order valence-electron chi connectivity index (χ0n) is 43.5. The molecule has 0 spiro atoms. The Balaban J connectivity index is 0.878. The van der Waals surface area contributed by atoms with Crippen LogP contribution in [0.15, 0.2) is 90.6 Å². The fourth-order valence-corrected chi connectivity index (χ4v) is 9.97. The summed E-state index contributed by atoms with van der Waals surface area (Å²) in [5.74, 6) is -3.01. The van der Waals surface area contributed by atoms with E-state index in [0.29, 0.717) is 30.4 Å². The number of anilines is 3. The van der Waals surface area contributed by atoms with Gasteiger partial charge >= 0.3 is 5.97 Å². The lowest BCUT2D eigenvalue weighted by molar-refractivity contribution is -0.144. The van der Waals surface area contributed by atoms with Gasteiger partial charge in [-0.2, -0.15) is 5.10 Å². The van der Waals surface area contributed by atoms with Crippen LogP contribution in [-0.4, -0.2) is 105 Å². The number of β-amino-alcohol motifs (C(OH)–C–C–N with tert-alkyl or cyclic N) is 1. The second-order valence-electron chi connectivity index (χ2n) is 19.7. The minimum absolute atomic E-state index is 0.0134. The molecule has 1 aliphatic rings. The molecule has 0 radical (unpaired) electrons. The minimum atomic E-state index is -3.73. The fourth-order valence-electron chi connectivity index (χ4n) is 8.51. The van der Waals surface area contributed by atoms with Crippen molar-refractivity contribution in [1.82, 2.24) is 35.7 Å². The summed E-state index contributed by atoms with van der Waals surface area (Å²) in [7, 11) is -3.73. The molecule has 1 saturated heterocycles. The predicted octanol–water partition coefficient (Wildman–Crippen LogP) is 7.31. The Bertz CT molecular complexity index is 3180. The van der Waals surface area contributed by atoms with Crippen LogP contribution in [0.1, 0.15) is 110 Å². The molecule has 1 fully saturated rings. The average molecular weight is 1100 g/mol. The zero-order chi connectivity index (χ0) is 55.6. The highest BCUT2D eigenvalue weighted by molar-refractivity contribution is 7.92. The molecule has 8 N–H and O–H groups in total. The van der Waals surface area contributed by atoms with Crippen molar-refractivity contribution < 1.29 is 51.4 Å². The topological polar surface area (TPSA) is 290 Å². The molecule has 0 aliphatic carbocycles. The van der Waals surface area contributed by atoms with E-state index in [1.165, 1.54) is 54.4 Å². The van der Waals surface area contributed by atoms with Crippen molar-refractivity contribution in [3.63, 3.8) is 0 Å². The van der Waals surface area contributed by atoms with Gasteiger partial charge in [-0.15, -0.1) is 11.3 Å². The number of aliphatic hydroxyl groups excluding tert-OH is 1. The van der Waals surface area contributed by atoms with Gasteiger partial charge in [-0.05, 0) is 98.5 Å². The Kier molecular flexibility index (Phi) is 18.4. The first kappa shape index (κ1) is 57.0. The van der Waals surface area contributed by atoms with E-state index in [1.54, 1.807) is 42.0 Å². The van der Waals surface area contributed by atoms with Crippen LogP contribution in [0.5, 0.6) is 5.75 Å². The van der Waals surface area contributed by atoms with Crippen LogP contribution in [0, 0.1) is 18.2 Å². The molecule has 6 aromatic rings. The number of ether oxygens (including phenoxy) is 2. The Morgan fingerprint density at radius 1 is 0.974 bits per heavy atom. The number of benzene rings is 3. The molecule has 408 valence electrons. The van der Waals surface area contributed by atoms with Gasteiger partial charge in [0, 0.05) is 37.7 Å². The first-order valence-corrected chi connectivity index (χ1v) is 27.5. The normalized spacial score (nSPS) is 15.3. The summed E-state index contributed by atoms with van der Waals surface area (Å²) in [6.07, 6.45) is 1.31. The monoisotopic (exact) mass is 1090 g/mol. The number of aromatic amines is 1. The van der Waals surface area contributed by atoms with Crippen molar-refractivity contribution in [1.29, 1.82) is 0 Å². The van der Waals surface area contributed by atoms with Crippen LogP contribution < -0.4 is 31.1 Å². The molecule has 7 rings (SSSR count). The van der Waals surface area contributed by atoms with Crippen molar-refractivity contribution in [2.45, 2.75) is 104 Å². The first-order valence-electron chi connectivity index (χ1n) is 25.0. The van der Waals surface area contributed by atoms with E-state index in [9.17, 15) is 41.9 Å². The maximum atomic E-state index is 14.1. The van der Waals surface area contributed by atoms with Gasteiger partial charge in [-0.1, -0.05) is 63.2 Å². The Morgan fingerprint density at radius 3 is 2.35 bits per heavy atom. The van der Waals surface area contributed by atoms with Crippen LogP contribution in [0.2, 0.25) is 0 Å². The summed E-state index contributed by atoms with van der Waals surface area (Å²) in [6.45, 7) is 10.8. The number of pyridine rings is 1. The standard InChI is InChI=1S/C54H63FN10O10S2/c1-7-77(72,73)64-40-22-18-36(25-42(40)75-32(3)34-16-20-38(55)21-17-34)46-45(49(56)68)50(63-62-46)60-43-23-19-37(28-57-43)53(71)74-24-10-8-9-11-44(67)61-48(54(4,5)6)52(70)65-29-39(66)26-41(65)51(69)58-27-33-12-14-35(15-13-33)47-31(2)59-30-76-47/h12-23,25,28,30,32,39,41,48,64,66H,7-11,24,26-27,29H2,1-6H3,(H2,56,68)(H,58,69)(H,61,67)(H2,57,60,62,63)/t32-,39+,41-,48+/m0/s1. The predicted molar refractivity (Wildman–Crippen MR) is 289 cm³/mol. The zero-order valence-corrected chi connectivity index (χ0v) is 45.1. The Morgan fingerprint density at radius 2 is 1.70 bits per heavy atom. The molecule has 4 atom stereocenters. The quantitative estimate of drug-likeness (QED) is 0.0245. The lowest BCUT2D eigenvalue weighted by Gasteiger charge is -2.35. The number of thiazole rings is 1. The number of aliphatic hydroxyl groups is 1. The summed E-state index contributed by atoms with van der Waals surface area (Å²) in [4.78, 5) is 77.6. The second kappa shape index (κ2) is 24.9. The van der Waals surface area contributed by atoms with Crippen molar-refractivity contribution in [2.75, 3.05) is 28.9 Å². The molecule has 0 bridgehead atoms. The number of H-pyrrole nitrogens is 1. The molecular weight excluding hydrogens is 1030 g/mol. The molecule has 4 heterocycles. The van der Waals surface area contributed by atoms with Gasteiger partial charge in [-0.3, -0.25) is 29.0 Å². The number of hydrogen-bond acceptors (Lipinski definition) is 15. The number of sulfonamides is 1. The number of aryl methyl sites for hydroxylation is 1. The number of rotatable bonds is 23. The van der Waals surface area contributed by atoms with E-state index in [-0.39, 0.29) is 84.1 Å². The van der Waals surface area contributed by atoms with Crippen molar-refractivity contribution in [2.24, 2.45) is 11.1 Å². The number of primary amides is 1. The third kappa shape index (κ3) is 14.8. The SMILES string of the molecule is CCS(=O)(=O)Nc1ccc(-c2[nH]nc(Nc3ccc(C(=O)OCCCCCC(=O)N[C@H](C(=O)N4C[C@H](O)C[C@H]4C(=O)NCc4ccc(-c5scnc5C)cc4)C(C)(C)C)cn3)c2C(N)=O)cc1O[C@@H](C)c1ccc(F)cc1. The molecule has 1 aliphatic heterocycles. The van der Waals surface area contributed by atoms with Gasteiger partial charge in [0.05, 0.1) is 51.5 Å². The van der Waals surface area contributed by atoms with E-state index in [2.05, 4.69) is 40.8 Å². The summed E-state index contributed by atoms with van der Waals surface area (Å²) in [5, 5.41) is 26.4. The molecule has 4 amide bonds. The van der Waals surface area contributed by atoms with Crippen LogP contribution >= 0.6 is 11.3 Å². The second-order valence-corrected chi connectivity index (χ2v) is 22.5. The van der Waals surface area contributed by atoms with Crippen molar-refractivity contribution >= 4 is 68.3 Å². The summed E-state index contributed by atoms with van der Waals surface area (Å²) < 4.78 is 52.9. The number of nitrogens with zero attached hydrogens (tertiary/aromatic N) is 4. The van der Waals surface area contributed by atoms with Gasteiger partial charge in [-0.25, -0.2) is 27.6 Å². The van der Waals surface area contributed by atoms with Gasteiger partial charge < -0.3 is 41.2 Å². The van der Waals surface area contributed by atoms with E-state index in [4.69, 9.17) is 15.2 Å². The number of carbonyl (C=O) groups excluding carboxylic acids is 5. The number of halogens is 1. The van der Waals surface area contributed by atoms with E-state index in [0.717, 1.165) is 21.7 Å². The highest BCUT2D eigenvalue weighted by atomic mass is 32.2. The van der Waals surface area contributed by atoms with Crippen molar-refractivity contribution in [3.8, 4) is 27.4 Å². The maximum absolute atomic E-state index is 14.1. The largest absolute Gasteiger partial charge is 0.484 e. The van der Waals surface area contributed by atoms with Gasteiger partial charge in [0.25, 0.3) is 5.91 Å². The third-order valence-electron chi connectivity index (χ3n) is 12.8. The Labute approximate surface area is 449 Å². The highest BCUT2D eigenvalue weighted by Gasteiger charge is 2.44. The molecule has 0 saturated carbocycles. The average Bonchev–Trinajstić information content (AvgIpc) is 4.14. The number of aromatic nitrogens is 4. The number of hydrogen-bond donors (Lipinski definition) is 7. The summed E-state index contributed by atoms with van der Waals surface area (Å²) in [5.41, 5.74) is 11.1. The van der Waals surface area contributed by atoms with Gasteiger partial charge in [0.15, 0.2) is 5.82 Å². The lowest BCUT2D eigenvalue weighted by Crippen LogP contribution is -2.57. The molecule has 23 heteroatoms. The first-order chi connectivity index (χ1) is 36.6. The number of esters is 1. The van der Waals surface area contributed by atoms with Gasteiger partial charge in [0.1, 0.15) is 41.1 Å². The van der Waals surface area contributed by atoms with Crippen LogP contribution in [0.25, 0.3) is 21.7 Å². The molecule has 3 aromatic carbocycles. The van der Waals surface area contributed by atoms with E-state index < -0.39 is 69.2 Å². The lowest BCUT2D eigenvalue weighted by atomic mass is 9.85.